The molecule has 1 N–H and O–H groups in total. The SMILES string of the molecule is O=C1OC2(CCN(c3cc(-c4cccc(Br)c4)n[nH]3)CC2)c2ccccc21. The van der Waals surface area contributed by atoms with Gasteiger partial charge < -0.3 is 9.64 Å². The average molecular weight is 424 g/mol. The van der Waals surface area contributed by atoms with Gasteiger partial charge in [0.15, 0.2) is 0 Å². The molecule has 1 aromatic heterocycles. The van der Waals surface area contributed by atoms with Crippen molar-refractivity contribution in [1.29, 1.82) is 0 Å². The number of hydrogen-bond acceptors (Lipinski definition) is 4. The highest BCUT2D eigenvalue weighted by Gasteiger charge is 2.47. The number of nitrogens with zero attached hydrogens (tertiary/aromatic N) is 2. The molecular weight excluding hydrogens is 406 g/mol. The zero-order valence-electron chi connectivity index (χ0n) is 14.6. The number of ether oxygens (including phenoxy) is 1. The maximum Gasteiger partial charge on any atom is 0.339 e. The molecule has 0 unspecified atom stereocenters. The number of aromatic amines is 1. The molecule has 1 saturated heterocycles. The molecule has 0 aliphatic carbocycles. The molecule has 0 radical (unpaired) electrons. The minimum Gasteiger partial charge on any atom is -0.450 e. The molecule has 2 aliphatic rings. The summed E-state index contributed by atoms with van der Waals surface area (Å²) in [5.41, 5.74) is 3.26. The maximum absolute atomic E-state index is 12.2. The number of halogens is 1. The van der Waals surface area contributed by atoms with Crippen LogP contribution < -0.4 is 4.90 Å². The largest absolute Gasteiger partial charge is 0.450 e. The van der Waals surface area contributed by atoms with Gasteiger partial charge in [-0.15, -0.1) is 0 Å². The number of carbonyl (C=O) groups excluding carboxylic acids is 1. The smallest absolute Gasteiger partial charge is 0.339 e. The zero-order chi connectivity index (χ0) is 18.4. The summed E-state index contributed by atoms with van der Waals surface area (Å²) in [6.45, 7) is 1.61. The van der Waals surface area contributed by atoms with E-state index in [9.17, 15) is 4.79 Å². The Labute approximate surface area is 165 Å². The van der Waals surface area contributed by atoms with Gasteiger partial charge in [0, 0.05) is 47.6 Å². The van der Waals surface area contributed by atoms with Crippen molar-refractivity contribution in [3.8, 4) is 11.3 Å². The molecule has 2 aliphatic heterocycles. The number of benzene rings is 2. The van der Waals surface area contributed by atoms with Crippen LogP contribution in [0.3, 0.4) is 0 Å². The van der Waals surface area contributed by atoms with E-state index < -0.39 is 5.60 Å². The second-order valence-corrected chi connectivity index (χ2v) is 7.98. The van der Waals surface area contributed by atoms with E-state index in [-0.39, 0.29) is 5.97 Å². The standard InChI is InChI=1S/C21H18BrN3O2/c22-15-5-3-4-14(12-15)18-13-19(24-23-18)25-10-8-21(9-11-25)17-7-2-1-6-16(17)20(26)27-21/h1-7,12-13H,8-11H2,(H,23,24). The van der Waals surface area contributed by atoms with E-state index in [1.165, 1.54) is 0 Å². The number of fused-ring (bicyclic) bond motifs is 2. The molecule has 3 heterocycles. The lowest BCUT2D eigenvalue weighted by Crippen LogP contribution is -2.43. The fourth-order valence-electron chi connectivity index (χ4n) is 4.10. The number of piperidine rings is 1. The van der Waals surface area contributed by atoms with Gasteiger partial charge in [0.1, 0.15) is 11.4 Å². The molecule has 0 saturated carbocycles. The Kier molecular flexibility index (Phi) is 3.82. The summed E-state index contributed by atoms with van der Waals surface area (Å²) in [4.78, 5) is 14.5. The van der Waals surface area contributed by atoms with Gasteiger partial charge >= 0.3 is 5.97 Å². The third-order valence-electron chi connectivity index (χ3n) is 5.52. The first-order valence-electron chi connectivity index (χ1n) is 9.04. The maximum atomic E-state index is 12.2. The molecule has 1 fully saturated rings. The molecule has 0 bridgehead atoms. The number of nitrogens with one attached hydrogen (secondary N) is 1. The minimum atomic E-state index is -0.475. The second-order valence-electron chi connectivity index (χ2n) is 7.07. The van der Waals surface area contributed by atoms with Gasteiger partial charge in [-0.2, -0.15) is 5.10 Å². The van der Waals surface area contributed by atoms with Crippen LogP contribution in [0.4, 0.5) is 5.82 Å². The van der Waals surface area contributed by atoms with E-state index in [1.54, 1.807) is 0 Å². The van der Waals surface area contributed by atoms with Crippen molar-refractivity contribution in [3.63, 3.8) is 0 Å². The summed E-state index contributed by atoms with van der Waals surface area (Å²) in [5, 5.41) is 7.62. The second kappa shape index (κ2) is 6.23. The molecule has 5 rings (SSSR count). The highest BCUT2D eigenvalue weighted by Crippen LogP contribution is 2.44. The Bertz CT molecular complexity index is 1020. The lowest BCUT2D eigenvalue weighted by molar-refractivity contribution is -0.0211. The van der Waals surface area contributed by atoms with Crippen LogP contribution in [0.1, 0.15) is 28.8 Å². The normalized spacial score (nSPS) is 17.8. The van der Waals surface area contributed by atoms with Crippen LogP contribution in [0.15, 0.2) is 59.1 Å². The quantitative estimate of drug-likeness (QED) is 0.616. The fraction of sp³-hybridized carbons (Fsp3) is 0.238. The first kappa shape index (κ1) is 16.6. The van der Waals surface area contributed by atoms with Gasteiger partial charge in [0.05, 0.1) is 11.3 Å². The molecule has 0 amide bonds. The third kappa shape index (κ3) is 2.75. The van der Waals surface area contributed by atoms with Gasteiger partial charge in [-0.3, -0.25) is 5.10 Å². The van der Waals surface area contributed by atoms with Crippen molar-refractivity contribution in [2.45, 2.75) is 18.4 Å². The van der Waals surface area contributed by atoms with Crippen molar-refractivity contribution in [2.75, 3.05) is 18.0 Å². The van der Waals surface area contributed by atoms with E-state index in [0.717, 1.165) is 53.0 Å². The van der Waals surface area contributed by atoms with E-state index in [1.807, 2.05) is 42.5 Å². The Morgan fingerprint density at radius 1 is 1.07 bits per heavy atom. The molecule has 1 spiro atoms. The monoisotopic (exact) mass is 423 g/mol. The number of aromatic nitrogens is 2. The molecule has 2 aromatic carbocycles. The highest BCUT2D eigenvalue weighted by molar-refractivity contribution is 9.10. The van der Waals surface area contributed by atoms with Crippen molar-refractivity contribution in [2.24, 2.45) is 0 Å². The first-order chi connectivity index (χ1) is 13.1. The predicted octanol–water partition coefficient (Wildman–Crippen LogP) is 4.51. The average Bonchev–Trinajstić information content (AvgIpc) is 3.28. The van der Waals surface area contributed by atoms with Crippen LogP contribution >= 0.6 is 15.9 Å². The Morgan fingerprint density at radius 3 is 2.70 bits per heavy atom. The van der Waals surface area contributed by atoms with Crippen LogP contribution in [0, 0.1) is 0 Å². The van der Waals surface area contributed by atoms with Gasteiger partial charge in [-0.05, 0) is 18.2 Å². The molecule has 27 heavy (non-hydrogen) atoms. The summed E-state index contributed by atoms with van der Waals surface area (Å²) >= 11 is 3.51. The van der Waals surface area contributed by atoms with Crippen molar-refractivity contribution < 1.29 is 9.53 Å². The Morgan fingerprint density at radius 2 is 1.89 bits per heavy atom. The summed E-state index contributed by atoms with van der Waals surface area (Å²) < 4.78 is 6.87. The van der Waals surface area contributed by atoms with Gasteiger partial charge in [-0.1, -0.05) is 46.3 Å². The number of anilines is 1. The molecule has 3 aromatic rings. The van der Waals surface area contributed by atoms with E-state index in [2.05, 4.69) is 43.2 Å². The first-order valence-corrected chi connectivity index (χ1v) is 9.83. The molecule has 0 atom stereocenters. The third-order valence-corrected chi connectivity index (χ3v) is 6.02. The van der Waals surface area contributed by atoms with E-state index >= 15 is 0 Å². The summed E-state index contributed by atoms with van der Waals surface area (Å²) in [5.74, 6) is 0.801. The Balaban J connectivity index is 1.36. The topological polar surface area (TPSA) is 58.2 Å². The predicted molar refractivity (Wildman–Crippen MR) is 107 cm³/mol. The van der Waals surface area contributed by atoms with Crippen LogP contribution in [-0.4, -0.2) is 29.3 Å². The zero-order valence-corrected chi connectivity index (χ0v) is 16.2. The lowest BCUT2D eigenvalue weighted by Gasteiger charge is -2.38. The van der Waals surface area contributed by atoms with E-state index in [0.29, 0.717) is 5.56 Å². The summed E-state index contributed by atoms with van der Waals surface area (Å²) in [6.07, 6.45) is 1.56. The van der Waals surface area contributed by atoms with Crippen LogP contribution in [0.25, 0.3) is 11.3 Å². The summed E-state index contributed by atoms with van der Waals surface area (Å²) in [6, 6.07) is 17.9. The molecule has 6 heteroatoms. The number of hydrogen-bond donors (Lipinski definition) is 1. The van der Waals surface area contributed by atoms with Crippen molar-refractivity contribution in [1.82, 2.24) is 10.2 Å². The molecular formula is C21H18BrN3O2. The number of rotatable bonds is 2. The van der Waals surface area contributed by atoms with Gasteiger partial charge in [-0.25, -0.2) is 4.79 Å². The summed E-state index contributed by atoms with van der Waals surface area (Å²) in [7, 11) is 0. The van der Waals surface area contributed by atoms with Gasteiger partial charge in [0.25, 0.3) is 0 Å². The van der Waals surface area contributed by atoms with Crippen LogP contribution in [-0.2, 0) is 10.3 Å². The van der Waals surface area contributed by atoms with Gasteiger partial charge in [0.2, 0.25) is 0 Å². The molecule has 5 nitrogen and oxygen atoms in total. The van der Waals surface area contributed by atoms with E-state index in [4.69, 9.17) is 4.74 Å². The molecule has 136 valence electrons. The highest BCUT2D eigenvalue weighted by atomic mass is 79.9. The van der Waals surface area contributed by atoms with Crippen LogP contribution in [0.5, 0.6) is 0 Å². The number of carbonyl (C=O) groups is 1. The van der Waals surface area contributed by atoms with Crippen molar-refractivity contribution in [3.05, 3.63) is 70.2 Å². The minimum absolute atomic E-state index is 0.197. The fourth-order valence-corrected chi connectivity index (χ4v) is 4.49. The number of esters is 1. The van der Waals surface area contributed by atoms with Crippen molar-refractivity contribution >= 4 is 27.7 Å². The van der Waals surface area contributed by atoms with Crippen LogP contribution in [0.2, 0.25) is 0 Å². The Hall–Kier alpha value is -2.60. The lowest BCUT2D eigenvalue weighted by atomic mass is 9.84. The number of H-pyrrole nitrogens is 1.